The second-order valence-corrected chi connectivity index (χ2v) is 14.4. The molecule has 51 heavy (non-hydrogen) atoms. The average molecular weight is 693 g/mol. The first-order valence-corrected chi connectivity index (χ1v) is 17.5. The van der Waals surface area contributed by atoms with Gasteiger partial charge in [-0.05, 0) is 113 Å². The fraction of sp³-hybridized carbons (Fsp3) is 0.349. The molecule has 2 amide bonds. The monoisotopic (exact) mass is 692 g/mol. The number of benzene rings is 4. The number of hydrogen-bond donors (Lipinski definition) is 2. The Hall–Kier alpha value is -5.24. The molecule has 0 saturated heterocycles. The lowest BCUT2D eigenvalue weighted by Gasteiger charge is -2.32. The fourth-order valence-electron chi connectivity index (χ4n) is 5.31. The number of unbranched alkanes of at least 4 members (excludes halogenated alkanes) is 1. The molecule has 8 nitrogen and oxygen atoms in total. The van der Waals surface area contributed by atoms with Gasteiger partial charge in [0.25, 0.3) is 0 Å². The molecular formula is C43H52N2O6. The Kier molecular flexibility index (Phi) is 13.7. The topological polar surface area (TPSA) is 95.1 Å². The molecule has 0 aliphatic rings. The molecule has 0 spiro atoms. The summed E-state index contributed by atoms with van der Waals surface area (Å²) in [4.78, 5) is 26.5. The van der Waals surface area contributed by atoms with Crippen LogP contribution < -0.4 is 20.1 Å². The summed E-state index contributed by atoms with van der Waals surface area (Å²) in [7, 11) is 0. The van der Waals surface area contributed by atoms with Crippen molar-refractivity contribution >= 4 is 18.3 Å². The lowest BCUT2D eigenvalue weighted by molar-refractivity contribution is 0.0427. The minimum Gasteiger partial charge on any atom is -0.494 e. The molecule has 4 aromatic rings. The van der Waals surface area contributed by atoms with Crippen LogP contribution in [0.15, 0.2) is 110 Å². The molecule has 2 N–H and O–H groups in total. The molecule has 270 valence electrons. The summed E-state index contributed by atoms with van der Waals surface area (Å²) in [6.07, 6.45) is 3.48. The highest BCUT2D eigenvalue weighted by molar-refractivity contribution is 5.71. The van der Waals surface area contributed by atoms with E-state index in [-0.39, 0.29) is 0 Å². The second-order valence-electron chi connectivity index (χ2n) is 14.4. The number of amides is 2. The van der Waals surface area contributed by atoms with Crippen LogP contribution in [-0.4, -0.2) is 30.0 Å². The van der Waals surface area contributed by atoms with Gasteiger partial charge in [-0.3, -0.25) is 0 Å². The Morgan fingerprint density at radius 1 is 0.627 bits per heavy atom. The number of nitrogens with one attached hydrogen (secondary N) is 2. The van der Waals surface area contributed by atoms with Gasteiger partial charge in [-0.15, -0.1) is 0 Å². The average Bonchev–Trinajstić information content (AvgIpc) is 3.08. The summed E-state index contributed by atoms with van der Waals surface area (Å²) < 4.78 is 23.4. The first kappa shape index (κ1) is 38.6. The van der Waals surface area contributed by atoms with Gasteiger partial charge < -0.3 is 29.6 Å². The van der Waals surface area contributed by atoms with Crippen LogP contribution >= 0.6 is 0 Å². The maximum atomic E-state index is 13.2. The summed E-state index contributed by atoms with van der Waals surface area (Å²) in [6, 6.07) is 31.8. The van der Waals surface area contributed by atoms with E-state index in [2.05, 4.69) is 41.5 Å². The Labute approximate surface area is 303 Å². The predicted molar refractivity (Wildman–Crippen MR) is 203 cm³/mol. The molecule has 4 rings (SSSR count). The molecule has 0 unspecified atom stereocenters. The molecule has 0 radical (unpaired) electrons. The van der Waals surface area contributed by atoms with E-state index >= 15 is 0 Å². The van der Waals surface area contributed by atoms with Gasteiger partial charge in [0.05, 0.1) is 18.7 Å². The number of hydrogen-bond acceptors (Lipinski definition) is 6. The maximum absolute atomic E-state index is 13.2. The molecule has 0 aromatic heterocycles. The van der Waals surface area contributed by atoms with Crippen molar-refractivity contribution in [3.63, 3.8) is 0 Å². The van der Waals surface area contributed by atoms with Crippen molar-refractivity contribution in [2.24, 2.45) is 0 Å². The van der Waals surface area contributed by atoms with Gasteiger partial charge in [-0.1, -0.05) is 91.5 Å². The highest BCUT2D eigenvalue weighted by Gasteiger charge is 2.31. The van der Waals surface area contributed by atoms with E-state index in [4.69, 9.17) is 18.9 Å². The van der Waals surface area contributed by atoms with E-state index in [1.807, 2.05) is 84.9 Å². The molecule has 0 aliphatic carbocycles. The summed E-state index contributed by atoms with van der Waals surface area (Å²) in [5.41, 5.74) is 3.46. The molecular weight excluding hydrogens is 640 g/mol. The number of aryl methyl sites for hydroxylation is 1. The molecule has 4 aromatic carbocycles. The van der Waals surface area contributed by atoms with Gasteiger partial charge >= 0.3 is 12.2 Å². The third-order valence-corrected chi connectivity index (χ3v) is 7.75. The van der Waals surface area contributed by atoms with Crippen LogP contribution in [0.5, 0.6) is 11.5 Å². The van der Waals surface area contributed by atoms with Gasteiger partial charge in [0.2, 0.25) is 0 Å². The molecule has 0 saturated carbocycles. The zero-order chi connectivity index (χ0) is 36.9. The van der Waals surface area contributed by atoms with Crippen molar-refractivity contribution in [1.82, 2.24) is 10.6 Å². The fourth-order valence-corrected chi connectivity index (χ4v) is 5.31. The van der Waals surface area contributed by atoms with Crippen LogP contribution in [0.2, 0.25) is 0 Å². The molecule has 0 heterocycles. The van der Waals surface area contributed by atoms with Crippen molar-refractivity contribution in [2.45, 2.75) is 90.7 Å². The first-order chi connectivity index (χ1) is 24.3. The molecule has 0 aliphatic heterocycles. The molecule has 8 heteroatoms. The number of alkyl carbamates (subject to hydrolysis) is 2. The maximum Gasteiger partial charge on any atom is 0.408 e. The van der Waals surface area contributed by atoms with E-state index < -0.39 is 35.5 Å². The van der Waals surface area contributed by atoms with E-state index in [1.54, 1.807) is 41.5 Å². The lowest BCUT2D eigenvalue weighted by Crippen LogP contribution is -2.44. The highest BCUT2D eigenvalue weighted by atomic mass is 16.6. The minimum absolute atomic E-state index is 0.418. The van der Waals surface area contributed by atoms with Crippen molar-refractivity contribution in [2.75, 3.05) is 6.61 Å². The normalized spacial score (nSPS) is 12.6. The van der Waals surface area contributed by atoms with Gasteiger partial charge in [0.15, 0.2) is 0 Å². The summed E-state index contributed by atoms with van der Waals surface area (Å²) in [5.74, 6) is 1.38. The first-order valence-electron chi connectivity index (χ1n) is 17.5. The smallest absolute Gasteiger partial charge is 0.408 e. The summed E-state index contributed by atoms with van der Waals surface area (Å²) in [6.45, 7) is 15.6. The molecule has 0 bridgehead atoms. The van der Waals surface area contributed by atoms with Gasteiger partial charge in [0.1, 0.15) is 29.3 Å². The van der Waals surface area contributed by atoms with Gasteiger partial charge in [-0.25, -0.2) is 9.59 Å². The van der Waals surface area contributed by atoms with E-state index in [0.717, 1.165) is 41.5 Å². The standard InChI is InChI=1S/C43H52N2O6/c1-8-31-17-19-32(20-18-31)14-12-13-29-48-36-25-21-34(22-26-36)38(44-40(46)50-42(2,3)4)39(45-41(47)51-43(5,6)7)35-23-27-37(28-24-35)49-30-33-15-10-9-11-16-33/h8-11,15-28,38-39H,1,12-14,29-30H2,2-7H3,(H,44,46)(H,45,47)/t38-,39-/m0/s1. The Morgan fingerprint density at radius 2 is 1.12 bits per heavy atom. The van der Waals surface area contributed by atoms with E-state index in [0.29, 0.717) is 24.7 Å². The SMILES string of the molecule is C=Cc1ccc(CCCCOc2ccc([C@H](NC(=O)OC(C)(C)C)[C@@H](NC(=O)OC(C)(C)C)c3ccc(OCc4ccccc4)cc3)cc2)cc1. The Balaban J connectivity index is 1.52. The number of ether oxygens (including phenoxy) is 4. The van der Waals surface area contributed by atoms with Crippen LogP contribution in [-0.2, 0) is 22.5 Å². The van der Waals surface area contributed by atoms with E-state index in [1.165, 1.54) is 5.56 Å². The zero-order valence-corrected chi connectivity index (χ0v) is 30.7. The number of carbonyl (C=O) groups excluding carboxylic acids is 2. The van der Waals surface area contributed by atoms with Crippen molar-refractivity contribution in [3.8, 4) is 11.5 Å². The Morgan fingerprint density at radius 3 is 1.59 bits per heavy atom. The molecule has 2 atom stereocenters. The van der Waals surface area contributed by atoms with Gasteiger partial charge in [-0.2, -0.15) is 0 Å². The van der Waals surface area contributed by atoms with Crippen molar-refractivity contribution < 1.29 is 28.5 Å². The Bertz CT molecular complexity index is 1670. The van der Waals surface area contributed by atoms with Crippen LogP contribution in [0.25, 0.3) is 6.08 Å². The third-order valence-electron chi connectivity index (χ3n) is 7.75. The quantitative estimate of drug-likeness (QED) is 0.120. The largest absolute Gasteiger partial charge is 0.494 e. The van der Waals surface area contributed by atoms with Crippen LogP contribution in [0, 0.1) is 0 Å². The lowest BCUT2D eigenvalue weighted by atomic mass is 9.93. The summed E-state index contributed by atoms with van der Waals surface area (Å²) >= 11 is 0. The van der Waals surface area contributed by atoms with E-state index in [9.17, 15) is 9.59 Å². The predicted octanol–water partition coefficient (Wildman–Crippen LogP) is 10.1. The molecule has 0 fully saturated rings. The van der Waals surface area contributed by atoms with Crippen LogP contribution in [0.1, 0.15) is 94.3 Å². The highest BCUT2D eigenvalue weighted by Crippen LogP contribution is 2.32. The zero-order valence-electron chi connectivity index (χ0n) is 30.7. The van der Waals surface area contributed by atoms with Crippen molar-refractivity contribution in [3.05, 3.63) is 138 Å². The van der Waals surface area contributed by atoms with Gasteiger partial charge in [0, 0.05) is 0 Å². The number of rotatable bonds is 15. The third kappa shape index (κ3) is 13.5. The van der Waals surface area contributed by atoms with Crippen molar-refractivity contribution in [1.29, 1.82) is 0 Å². The van der Waals surface area contributed by atoms with Crippen LogP contribution in [0.4, 0.5) is 9.59 Å². The summed E-state index contributed by atoms with van der Waals surface area (Å²) in [5, 5.41) is 6.02. The number of carbonyl (C=O) groups is 2. The second kappa shape index (κ2) is 18.1. The van der Waals surface area contributed by atoms with Crippen LogP contribution in [0.3, 0.4) is 0 Å². The minimum atomic E-state index is -0.733.